The normalized spacial score (nSPS) is 12.8. The number of allylic oxidation sites excluding steroid dienone is 2. The SMILES string of the molecule is C/C=C\C(=C/c1cn2c(=O)ccc3nccc1c32)OC. The first-order valence-electron chi connectivity index (χ1n) is 6.35. The number of methoxy groups -OCH3 is 1. The van der Waals surface area contributed by atoms with Gasteiger partial charge < -0.3 is 4.74 Å². The standard InChI is InChI=1S/C16H14N2O2/c1-3-4-12(20-2)9-11-10-18-15(19)6-5-14-16(18)13(11)7-8-17-14/h3-10H,1-2H3/b4-3-,12-9+. The van der Waals surface area contributed by atoms with Gasteiger partial charge in [-0.2, -0.15) is 0 Å². The summed E-state index contributed by atoms with van der Waals surface area (Å²) >= 11 is 0. The van der Waals surface area contributed by atoms with E-state index < -0.39 is 0 Å². The highest BCUT2D eigenvalue weighted by atomic mass is 16.5. The van der Waals surface area contributed by atoms with Gasteiger partial charge in [-0.15, -0.1) is 0 Å². The summed E-state index contributed by atoms with van der Waals surface area (Å²) in [5.74, 6) is 0.740. The molecule has 0 aromatic carbocycles. The zero-order valence-corrected chi connectivity index (χ0v) is 11.3. The molecule has 0 aliphatic heterocycles. The van der Waals surface area contributed by atoms with Gasteiger partial charge in [0.05, 0.1) is 18.1 Å². The van der Waals surface area contributed by atoms with Gasteiger partial charge in [-0.1, -0.05) is 6.08 Å². The molecular formula is C16H14N2O2. The first-order valence-corrected chi connectivity index (χ1v) is 6.35. The maximum atomic E-state index is 11.9. The number of pyridine rings is 2. The van der Waals surface area contributed by atoms with Crippen molar-refractivity contribution in [2.45, 2.75) is 6.92 Å². The van der Waals surface area contributed by atoms with E-state index in [0.29, 0.717) is 0 Å². The quantitative estimate of drug-likeness (QED) is 0.541. The van der Waals surface area contributed by atoms with Gasteiger partial charge >= 0.3 is 0 Å². The predicted molar refractivity (Wildman–Crippen MR) is 80.0 cm³/mol. The Bertz CT molecular complexity index is 875. The van der Waals surface area contributed by atoms with E-state index in [4.69, 9.17) is 4.74 Å². The third kappa shape index (κ3) is 1.86. The highest BCUT2D eigenvalue weighted by Gasteiger charge is 2.10. The molecule has 0 aliphatic rings. The summed E-state index contributed by atoms with van der Waals surface area (Å²) in [4.78, 5) is 16.2. The van der Waals surface area contributed by atoms with Crippen LogP contribution in [0.2, 0.25) is 0 Å². The van der Waals surface area contributed by atoms with Crippen LogP contribution >= 0.6 is 0 Å². The lowest BCUT2D eigenvalue weighted by Crippen LogP contribution is -2.09. The molecule has 0 aliphatic carbocycles. The molecule has 0 saturated carbocycles. The minimum Gasteiger partial charge on any atom is -0.497 e. The largest absolute Gasteiger partial charge is 0.497 e. The summed E-state index contributed by atoms with van der Waals surface area (Å²) < 4.78 is 6.94. The van der Waals surface area contributed by atoms with Gasteiger partial charge in [0.25, 0.3) is 5.56 Å². The van der Waals surface area contributed by atoms with Gasteiger partial charge in [0.2, 0.25) is 0 Å². The summed E-state index contributed by atoms with van der Waals surface area (Å²) in [6.07, 6.45) is 9.28. The van der Waals surface area contributed by atoms with Crippen LogP contribution < -0.4 is 5.56 Å². The number of ether oxygens (including phenoxy) is 1. The Balaban J connectivity index is 2.35. The fraction of sp³-hybridized carbons (Fsp3) is 0.125. The molecule has 3 rings (SSSR count). The van der Waals surface area contributed by atoms with Gasteiger partial charge in [-0.05, 0) is 31.2 Å². The number of hydrogen-bond donors (Lipinski definition) is 0. The average molecular weight is 266 g/mol. The zero-order chi connectivity index (χ0) is 14.1. The number of nitrogens with zero attached hydrogens (tertiary/aromatic N) is 2. The summed E-state index contributed by atoms with van der Waals surface area (Å²) in [6, 6.07) is 5.20. The lowest BCUT2D eigenvalue weighted by Gasteiger charge is -1.99. The lowest BCUT2D eigenvalue weighted by molar-refractivity contribution is 0.310. The third-order valence-corrected chi connectivity index (χ3v) is 3.26. The Morgan fingerprint density at radius 1 is 1.35 bits per heavy atom. The van der Waals surface area contributed by atoms with Crippen LogP contribution in [-0.4, -0.2) is 16.5 Å². The second kappa shape index (κ2) is 4.81. The second-order valence-electron chi connectivity index (χ2n) is 4.47. The molecule has 3 heterocycles. The summed E-state index contributed by atoms with van der Waals surface area (Å²) in [5, 5.41) is 0.992. The number of aromatic nitrogens is 2. The fourth-order valence-electron chi connectivity index (χ4n) is 2.36. The maximum absolute atomic E-state index is 11.9. The van der Waals surface area contributed by atoms with Crippen molar-refractivity contribution in [3.05, 3.63) is 64.4 Å². The van der Waals surface area contributed by atoms with E-state index >= 15 is 0 Å². The smallest absolute Gasteiger partial charge is 0.255 e. The molecule has 0 spiro atoms. The van der Waals surface area contributed by atoms with Crippen molar-refractivity contribution in [1.82, 2.24) is 9.38 Å². The van der Waals surface area contributed by atoms with Crippen molar-refractivity contribution in [2.75, 3.05) is 7.11 Å². The highest BCUT2D eigenvalue weighted by molar-refractivity contribution is 5.98. The van der Waals surface area contributed by atoms with Crippen LogP contribution in [0.3, 0.4) is 0 Å². The Morgan fingerprint density at radius 2 is 2.20 bits per heavy atom. The zero-order valence-electron chi connectivity index (χ0n) is 11.3. The van der Waals surface area contributed by atoms with Crippen molar-refractivity contribution >= 4 is 22.5 Å². The average Bonchev–Trinajstić information content (AvgIpc) is 2.83. The molecule has 0 amide bonds. The minimum absolute atomic E-state index is 0.0554. The molecule has 0 fully saturated rings. The third-order valence-electron chi connectivity index (χ3n) is 3.26. The molecule has 4 heteroatoms. The molecule has 4 nitrogen and oxygen atoms in total. The molecule has 0 atom stereocenters. The van der Waals surface area contributed by atoms with Gasteiger partial charge in [0.1, 0.15) is 5.76 Å². The number of hydrogen-bond acceptors (Lipinski definition) is 3. The van der Waals surface area contributed by atoms with E-state index in [0.717, 1.165) is 27.7 Å². The predicted octanol–water partition coefficient (Wildman–Crippen LogP) is 2.85. The van der Waals surface area contributed by atoms with Crippen molar-refractivity contribution in [2.24, 2.45) is 0 Å². The van der Waals surface area contributed by atoms with Crippen LogP contribution in [0.4, 0.5) is 0 Å². The van der Waals surface area contributed by atoms with Crippen LogP contribution in [0.5, 0.6) is 0 Å². The van der Waals surface area contributed by atoms with Crippen molar-refractivity contribution in [1.29, 1.82) is 0 Å². The molecule has 3 aromatic rings. The molecule has 0 radical (unpaired) electrons. The molecule has 20 heavy (non-hydrogen) atoms. The molecule has 0 N–H and O–H groups in total. The molecule has 0 saturated heterocycles. The monoisotopic (exact) mass is 266 g/mol. The fourth-order valence-corrected chi connectivity index (χ4v) is 2.36. The van der Waals surface area contributed by atoms with Crippen LogP contribution in [-0.2, 0) is 4.74 Å². The Labute approximate surface area is 116 Å². The van der Waals surface area contributed by atoms with Gasteiger partial charge in [0, 0.05) is 29.4 Å². The van der Waals surface area contributed by atoms with E-state index in [1.54, 1.807) is 23.8 Å². The molecule has 0 bridgehead atoms. The molecule has 3 aromatic heterocycles. The first-order chi connectivity index (χ1) is 9.74. The topological polar surface area (TPSA) is 43.6 Å². The van der Waals surface area contributed by atoms with Crippen LogP contribution in [0.25, 0.3) is 22.5 Å². The first kappa shape index (κ1) is 12.4. The van der Waals surface area contributed by atoms with Crippen LogP contribution in [0.1, 0.15) is 12.5 Å². The van der Waals surface area contributed by atoms with E-state index in [2.05, 4.69) is 4.98 Å². The van der Waals surface area contributed by atoms with Crippen LogP contribution in [0, 0.1) is 0 Å². The van der Waals surface area contributed by atoms with Crippen molar-refractivity contribution < 1.29 is 4.74 Å². The second-order valence-corrected chi connectivity index (χ2v) is 4.47. The maximum Gasteiger partial charge on any atom is 0.255 e. The summed E-state index contributed by atoms with van der Waals surface area (Å²) in [7, 11) is 1.63. The Morgan fingerprint density at radius 3 is 2.95 bits per heavy atom. The minimum atomic E-state index is -0.0554. The van der Waals surface area contributed by atoms with E-state index in [1.165, 1.54) is 6.07 Å². The summed E-state index contributed by atoms with van der Waals surface area (Å²) in [6.45, 7) is 1.93. The highest BCUT2D eigenvalue weighted by Crippen LogP contribution is 2.25. The Hall–Kier alpha value is -2.62. The van der Waals surface area contributed by atoms with Crippen LogP contribution in [0.15, 0.2) is 53.3 Å². The molecule has 0 unspecified atom stereocenters. The van der Waals surface area contributed by atoms with E-state index in [9.17, 15) is 4.79 Å². The molecular weight excluding hydrogens is 252 g/mol. The van der Waals surface area contributed by atoms with Crippen molar-refractivity contribution in [3.8, 4) is 0 Å². The van der Waals surface area contributed by atoms with E-state index in [1.807, 2.05) is 37.4 Å². The van der Waals surface area contributed by atoms with E-state index in [-0.39, 0.29) is 5.56 Å². The lowest BCUT2D eigenvalue weighted by atomic mass is 10.1. The van der Waals surface area contributed by atoms with Gasteiger partial charge in [0.15, 0.2) is 0 Å². The number of rotatable bonds is 3. The van der Waals surface area contributed by atoms with Gasteiger partial charge in [-0.3, -0.25) is 14.2 Å². The van der Waals surface area contributed by atoms with Gasteiger partial charge in [-0.25, -0.2) is 0 Å². The Kier molecular flexibility index (Phi) is 2.99. The summed E-state index contributed by atoms with van der Waals surface area (Å²) in [5.41, 5.74) is 2.55. The van der Waals surface area contributed by atoms with Crippen molar-refractivity contribution in [3.63, 3.8) is 0 Å². The molecule has 100 valence electrons.